The minimum Gasteiger partial charge on any atom is -0.480 e. The summed E-state index contributed by atoms with van der Waals surface area (Å²) in [5.41, 5.74) is 0. The van der Waals surface area contributed by atoms with Crippen molar-refractivity contribution < 1.29 is 18.3 Å². The molecule has 1 rings (SSSR count). The van der Waals surface area contributed by atoms with Gasteiger partial charge in [-0.3, -0.25) is 4.79 Å². The lowest BCUT2D eigenvalue weighted by atomic mass is 10.2. The molecule has 8 heteroatoms. The second kappa shape index (κ2) is 5.65. The molecule has 18 heavy (non-hydrogen) atoms. The Hall–Kier alpha value is -1.17. The van der Waals surface area contributed by atoms with Crippen LogP contribution in [0.3, 0.4) is 0 Å². The Morgan fingerprint density at radius 3 is 2.78 bits per heavy atom. The molecule has 1 aliphatic rings. The number of aliphatic carboxylic acids is 1. The number of carbonyl (C=O) groups is 1. The topological polar surface area (TPSA) is 102 Å². The van der Waals surface area contributed by atoms with Crippen LogP contribution < -0.4 is 0 Å². The molecule has 0 aromatic rings. The minimum atomic E-state index is -3.82. The molecular formula is C10H17N3O4S. The lowest BCUT2D eigenvalue weighted by Gasteiger charge is -2.29. The SMILES string of the molecule is CC(CC#N)N(C)S(=O)(=O)N1CCC[C@H]1C(=O)O. The van der Waals surface area contributed by atoms with Crippen molar-refractivity contribution in [2.24, 2.45) is 0 Å². The average Bonchev–Trinajstić information content (AvgIpc) is 2.77. The fourth-order valence-corrected chi connectivity index (χ4v) is 3.65. The molecule has 1 heterocycles. The molecule has 0 bridgehead atoms. The van der Waals surface area contributed by atoms with Gasteiger partial charge >= 0.3 is 5.97 Å². The molecule has 2 atom stereocenters. The molecule has 1 aliphatic heterocycles. The van der Waals surface area contributed by atoms with Gasteiger partial charge in [0.25, 0.3) is 10.2 Å². The van der Waals surface area contributed by atoms with Gasteiger partial charge in [-0.2, -0.15) is 22.3 Å². The molecule has 7 nitrogen and oxygen atoms in total. The number of carboxylic acid groups (broad SMARTS) is 1. The van der Waals surface area contributed by atoms with Crippen LogP contribution >= 0.6 is 0 Å². The molecular weight excluding hydrogens is 258 g/mol. The van der Waals surface area contributed by atoms with Crippen LogP contribution in [0.15, 0.2) is 0 Å². The average molecular weight is 275 g/mol. The maximum Gasteiger partial charge on any atom is 0.322 e. The maximum atomic E-state index is 12.2. The summed E-state index contributed by atoms with van der Waals surface area (Å²) in [6.07, 6.45) is 0.938. The summed E-state index contributed by atoms with van der Waals surface area (Å²) in [5.74, 6) is -1.13. The zero-order valence-corrected chi connectivity index (χ0v) is 11.2. The van der Waals surface area contributed by atoms with Crippen molar-refractivity contribution in [2.45, 2.75) is 38.3 Å². The quantitative estimate of drug-likeness (QED) is 0.761. The summed E-state index contributed by atoms with van der Waals surface area (Å²) in [5, 5.41) is 17.6. The molecule has 1 unspecified atom stereocenters. The van der Waals surface area contributed by atoms with E-state index in [0.717, 1.165) is 8.61 Å². The number of carboxylic acids is 1. The van der Waals surface area contributed by atoms with Crippen molar-refractivity contribution in [3.8, 4) is 6.07 Å². The Balaban J connectivity index is 2.93. The standard InChI is InChI=1S/C10H17N3O4S/c1-8(5-6-11)12(2)18(16,17)13-7-3-4-9(13)10(14)15/h8-9H,3-5,7H2,1-2H3,(H,14,15)/t8?,9-/m0/s1. The fraction of sp³-hybridized carbons (Fsp3) is 0.800. The van der Waals surface area contributed by atoms with Crippen LogP contribution in [0.2, 0.25) is 0 Å². The third-order valence-corrected chi connectivity index (χ3v) is 5.27. The molecule has 102 valence electrons. The van der Waals surface area contributed by atoms with E-state index in [-0.39, 0.29) is 13.0 Å². The first-order valence-corrected chi connectivity index (χ1v) is 7.06. The van der Waals surface area contributed by atoms with Gasteiger partial charge in [0.05, 0.1) is 12.5 Å². The highest BCUT2D eigenvalue weighted by Gasteiger charge is 2.41. The van der Waals surface area contributed by atoms with E-state index in [2.05, 4.69) is 0 Å². The van der Waals surface area contributed by atoms with E-state index in [0.29, 0.717) is 12.8 Å². The normalized spacial score (nSPS) is 22.9. The molecule has 1 N–H and O–H groups in total. The fourth-order valence-electron chi connectivity index (χ4n) is 1.92. The molecule has 0 aromatic heterocycles. The highest BCUT2D eigenvalue weighted by atomic mass is 32.2. The first-order chi connectivity index (χ1) is 8.32. The maximum absolute atomic E-state index is 12.2. The Labute approximate surface area is 107 Å². The summed E-state index contributed by atoms with van der Waals surface area (Å²) in [6, 6.07) is 0.434. The van der Waals surface area contributed by atoms with E-state index < -0.39 is 28.3 Å². The van der Waals surface area contributed by atoms with Crippen LogP contribution in [0.4, 0.5) is 0 Å². The van der Waals surface area contributed by atoms with Crippen molar-refractivity contribution in [3.63, 3.8) is 0 Å². The number of nitriles is 1. The van der Waals surface area contributed by atoms with E-state index in [1.54, 1.807) is 6.92 Å². The first kappa shape index (κ1) is 14.9. The zero-order valence-electron chi connectivity index (χ0n) is 10.4. The van der Waals surface area contributed by atoms with Crippen LogP contribution in [-0.2, 0) is 15.0 Å². The highest BCUT2D eigenvalue weighted by molar-refractivity contribution is 7.86. The lowest BCUT2D eigenvalue weighted by Crippen LogP contribution is -2.49. The van der Waals surface area contributed by atoms with Crippen molar-refractivity contribution in [3.05, 3.63) is 0 Å². The molecule has 0 amide bonds. The number of rotatable bonds is 5. The van der Waals surface area contributed by atoms with Gasteiger partial charge in [0, 0.05) is 19.6 Å². The molecule has 1 saturated heterocycles. The van der Waals surface area contributed by atoms with Gasteiger partial charge in [0.1, 0.15) is 6.04 Å². The molecule has 1 fully saturated rings. The molecule has 0 aliphatic carbocycles. The van der Waals surface area contributed by atoms with Crippen molar-refractivity contribution in [1.29, 1.82) is 5.26 Å². The van der Waals surface area contributed by atoms with Crippen LogP contribution in [0.25, 0.3) is 0 Å². The second-order valence-electron chi connectivity index (χ2n) is 4.34. The predicted octanol–water partition coefficient (Wildman–Crippen LogP) is 0.0142. The van der Waals surface area contributed by atoms with Crippen LogP contribution in [0, 0.1) is 11.3 Å². The first-order valence-electron chi connectivity index (χ1n) is 5.67. The Bertz CT molecular complexity index is 456. The van der Waals surface area contributed by atoms with Crippen LogP contribution in [-0.4, -0.2) is 53.8 Å². The van der Waals surface area contributed by atoms with Gasteiger partial charge < -0.3 is 5.11 Å². The number of hydrogen-bond donors (Lipinski definition) is 1. The lowest BCUT2D eigenvalue weighted by molar-refractivity contribution is -0.140. The summed E-state index contributed by atoms with van der Waals surface area (Å²) in [6.45, 7) is 1.83. The van der Waals surface area contributed by atoms with Gasteiger partial charge in [0.2, 0.25) is 0 Å². The van der Waals surface area contributed by atoms with Crippen molar-refractivity contribution in [1.82, 2.24) is 8.61 Å². The van der Waals surface area contributed by atoms with Gasteiger partial charge in [-0.05, 0) is 19.8 Å². The van der Waals surface area contributed by atoms with E-state index in [1.165, 1.54) is 7.05 Å². The molecule has 0 radical (unpaired) electrons. The Kier molecular flexibility index (Phi) is 4.67. The van der Waals surface area contributed by atoms with Gasteiger partial charge in [-0.15, -0.1) is 0 Å². The van der Waals surface area contributed by atoms with E-state index in [1.807, 2.05) is 6.07 Å². The highest BCUT2D eigenvalue weighted by Crippen LogP contribution is 2.24. The smallest absolute Gasteiger partial charge is 0.322 e. The molecule has 0 saturated carbocycles. The summed E-state index contributed by atoms with van der Waals surface area (Å²) < 4.78 is 26.6. The van der Waals surface area contributed by atoms with Crippen LogP contribution in [0.1, 0.15) is 26.2 Å². The predicted molar refractivity (Wildman–Crippen MR) is 63.7 cm³/mol. The minimum absolute atomic E-state index is 0.0707. The van der Waals surface area contributed by atoms with Gasteiger partial charge in [-0.25, -0.2) is 0 Å². The molecule has 0 aromatic carbocycles. The third kappa shape index (κ3) is 2.80. The summed E-state index contributed by atoms with van der Waals surface area (Å²) >= 11 is 0. The third-order valence-electron chi connectivity index (χ3n) is 3.16. The Morgan fingerprint density at radius 2 is 2.28 bits per heavy atom. The van der Waals surface area contributed by atoms with Crippen molar-refractivity contribution >= 4 is 16.2 Å². The summed E-state index contributed by atoms with van der Waals surface area (Å²) in [7, 11) is -2.45. The van der Waals surface area contributed by atoms with E-state index >= 15 is 0 Å². The van der Waals surface area contributed by atoms with E-state index in [4.69, 9.17) is 10.4 Å². The molecule has 0 spiro atoms. The Morgan fingerprint density at radius 1 is 1.67 bits per heavy atom. The van der Waals surface area contributed by atoms with Gasteiger partial charge in [0.15, 0.2) is 0 Å². The summed E-state index contributed by atoms with van der Waals surface area (Å²) in [4.78, 5) is 11.0. The van der Waals surface area contributed by atoms with Crippen LogP contribution in [0.5, 0.6) is 0 Å². The number of hydrogen-bond acceptors (Lipinski definition) is 4. The largest absolute Gasteiger partial charge is 0.480 e. The van der Waals surface area contributed by atoms with E-state index in [9.17, 15) is 13.2 Å². The number of nitrogens with zero attached hydrogens (tertiary/aromatic N) is 3. The second-order valence-corrected chi connectivity index (χ2v) is 6.28. The van der Waals surface area contributed by atoms with Gasteiger partial charge in [-0.1, -0.05) is 0 Å². The zero-order chi connectivity index (χ0) is 13.9. The van der Waals surface area contributed by atoms with Crippen molar-refractivity contribution in [2.75, 3.05) is 13.6 Å². The monoisotopic (exact) mass is 275 g/mol.